The number of nitrogen functional groups attached to an aromatic ring is 1. The summed E-state index contributed by atoms with van der Waals surface area (Å²) in [5.74, 6) is 0.440. The van der Waals surface area contributed by atoms with E-state index in [9.17, 15) is 0 Å². The Morgan fingerprint density at radius 1 is 1.54 bits per heavy atom. The van der Waals surface area contributed by atoms with Gasteiger partial charge in [-0.15, -0.1) is 11.3 Å². The summed E-state index contributed by atoms with van der Waals surface area (Å²) in [7, 11) is 0. The molecule has 13 heavy (non-hydrogen) atoms. The molecule has 0 aliphatic rings. The molecule has 0 radical (unpaired) electrons. The van der Waals surface area contributed by atoms with E-state index in [1.54, 1.807) is 17.4 Å². The Labute approximate surface area is 79.0 Å². The minimum Gasteiger partial charge on any atom is -0.440 e. The van der Waals surface area contributed by atoms with E-state index in [4.69, 9.17) is 15.3 Å². The fourth-order valence-corrected chi connectivity index (χ4v) is 2.07. The van der Waals surface area contributed by atoms with E-state index < -0.39 is 0 Å². The van der Waals surface area contributed by atoms with Crippen LogP contribution in [0.15, 0.2) is 16.5 Å². The monoisotopic (exact) mass is 198 g/mol. The Morgan fingerprint density at radius 3 is 3.08 bits per heavy atom. The number of furan rings is 1. The molecule has 2 aromatic heterocycles. The standard InChI is InChI=1S/C8H10N2O2S/c9-7-4-6-5(12-7)3-8(13-6)10-1-2-11/h3-4,10-11H,1-2,9H2. The van der Waals surface area contributed by atoms with Crippen LogP contribution in [0.5, 0.6) is 0 Å². The van der Waals surface area contributed by atoms with Gasteiger partial charge in [0.2, 0.25) is 0 Å². The van der Waals surface area contributed by atoms with Gasteiger partial charge in [0, 0.05) is 18.7 Å². The molecule has 0 saturated carbocycles. The van der Waals surface area contributed by atoms with Crippen molar-refractivity contribution in [1.82, 2.24) is 0 Å². The molecule has 0 fully saturated rings. The number of anilines is 2. The molecule has 0 saturated heterocycles. The van der Waals surface area contributed by atoms with E-state index in [-0.39, 0.29) is 6.61 Å². The van der Waals surface area contributed by atoms with E-state index in [0.29, 0.717) is 12.4 Å². The predicted octanol–water partition coefficient (Wildman–Crippen LogP) is 1.48. The number of rotatable bonds is 3. The minimum atomic E-state index is 0.126. The number of nitrogens with two attached hydrogens (primary N) is 1. The van der Waals surface area contributed by atoms with Crippen molar-refractivity contribution >= 4 is 32.5 Å². The summed E-state index contributed by atoms with van der Waals surface area (Å²) in [4.78, 5) is 0. The molecule has 0 spiro atoms. The fourth-order valence-electron chi connectivity index (χ4n) is 1.12. The number of aliphatic hydroxyl groups excluding tert-OH is 1. The number of thiophene rings is 1. The lowest BCUT2D eigenvalue weighted by atomic mass is 10.5. The third-order valence-corrected chi connectivity index (χ3v) is 2.66. The predicted molar refractivity (Wildman–Crippen MR) is 54.1 cm³/mol. The molecule has 4 N–H and O–H groups in total. The van der Waals surface area contributed by atoms with Gasteiger partial charge >= 0.3 is 0 Å². The summed E-state index contributed by atoms with van der Waals surface area (Å²) in [5, 5.41) is 12.6. The smallest absolute Gasteiger partial charge is 0.192 e. The third kappa shape index (κ3) is 1.61. The van der Waals surface area contributed by atoms with Gasteiger partial charge in [-0.2, -0.15) is 0 Å². The second kappa shape index (κ2) is 3.27. The third-order valence-electron chi connectivity index (χ3n) is 1.64. The van der Waals surface area contributed by atoms with E-state index in [1.165, 1.54) is 0 Å². The normalized spacial score (nSPS) is 10.8. The highest BCUT2D eigenvalue weighted by Crippen LogP contribution is 2.32. The van der Waals surface area contributed by atoms with Crippen molar-refractivity contribution in [3.8, 4) is 0 Å². The van der Waals surface area contributed by atoms with Gasteiger partial charge in [0.15, 0.2) is 5.88 Å². The molecule has 70 valence electrons. The first kappa shape index (κ1) is 8.40. The zero-order valence-electron chi connectivity index (χ0n) is 6.91. The molecule has 0 unspecified atom stereocenters. The molecule has 5 heteroatoms. The molecule has 2 heterocycles. The van der Waals surface area contributed by atoms with Crippen LogP contribution >= 0.6 is 11.3 Å². The highest BCUT2D eigenvalue weighted by Gasteiger charge is 2.05. The van der Waals surface area contributed by atoms with Crippen molar-refractivity contribution in [2.75, 3.05) is 24.2 Å². The van der Waals surface area contributed by atoms with Crippen molar-refractivity contribution in [1.29, 1.82) is 0 Å². The Balaban J connectivity index is 2.24. The van der Waals surface area contributed by atoms with Gasteiger partial charge in [-0.1, -0.05) is 0 Å². The van der Waals surface area contributed by atoms with Crippen molar-refractivity contribution in [2.45, 2.75) is 0 Å². The summed E-state index contributed by atoms with van der Waals surface area (Å²) >= 11 is 1.56. The second-order valence-electron chi connectivity index (χ2n) is 2.64. The lowest BCUT2D eigenvalue weighted by Gasteiger charge is -1.97. The van der Waals surface area contributed by atoms with Crippen LogP contribution in [-0.4, -0.2) is 18.3 Å². The van der Waals surface area contributed by atoms with Gasteiger partial charge in [-0.25, -0.2) is 0 Å². The minimum absolute atomic E-state index is 0.126. The molecular weight excluding hydrogens is 188 g/mol. The second-order valence-corrected chi connectivity index (χ2v) is 3.72. The number of hydrogen-bond acceptors (Lipinski definition) is 5. The van der Waals surface area contributed by atoms with Crippen LogP contribution in [-0.2, 0) is 0 Å². The zero-order chi connectivity index (χ0) is 9.26. The van der Waals surface area contributed by atoms with Gasteiger partial charge in [0.05, 0.1) is 16.3 Å². The molecule has 2 rings (SSSR count). The first-order chi connectivity index (χ1) is 6.29. The van der Waals surface area contributed by atoms with E-state index >= 15 is 0 Å². The molecule has 0 bridgehead atoms. The molecule has 2 aromatic rings. The molecule has 0 atom stereocenters. The Morgan fingerprint density at radius 2 is 2.38 bits per heavy atom. The van der Waals surface area contributed by atoms with Crippen LogP contribution in [0.3, 0.4) is 0 Å². The van der Waals surface area contributed by atoms with E-state index in [1.807, 2.05) is 6.07 Å². The number of fused-ring (bicyclic) bond motifs is 1. The lowest BCUT2D eigenvalue weighted by molar-refractivity contribution is 0.311. The summed E-state index contributed by atoms with van der Waals surface area (Å²) < 4.78 is 6.24. The Kier molecular flexibility index (Phi) is 2.12. The van der Waals surface area contributed by atoms with E-state index in [2.05, 4.69) is 5.32 Å². The van der Waals surface area contributed by atoms with Crippen molar-refractivity contribution in [2.24, 2.45) is 0 Å². The summed E-state index contributed by atoms with van der Waals surface area (Å²) in [6.07, 6.45) is 0. The van der Waals surface area contributed by atoms with Gasteiger partial charge < -0.3 is 20.6 Å². The summed E-state index contributed by atoms with van der Waals surface area (Å²) in [5.41, 5.74) is 6.26. The summed E-state index contributed by atoms with van der Waals surface area (Å²) in [6.45, 7) is 0.681. The van der Waals surface area contributed by atoms with Crippen LogP contribution in [0, 0.1) is 0 Å². The SMILES string of the molecule is Nc1cc2sc(NCCO)cc2o1. The van der Waals surface area contributed by atoms with Crippen molar-refractivity contribution < 1.29 is 9.52 Å². The van der Waals surface area contributed by atoms with Crippen LogP contribution in [0.1, 0.15) is 0 Å². The number of nitrogens with one attached hydrogen (secondary N) is 1. The van der Waals surface area contributed by atoms with Crippen molar-refractivity contribution in [3.63, 3.8) is 0 Å². The highest BCUT2D eigenvalue weighted by molar-refractivity contribution is 7.22. The maximum absolute atomic E-state index is 8.60. The zero-order valence-corrected chi connectivity index (χ0v) is 7.73. The average molecular weight is 198 g/mol. The molecule has 4 nitrogen and oxygen atoms in total. The van der Waals surface area contributed by atoms with Gasteiger partial charge in [0.1, 0.15) is 5.58 Å². The van der Waals surface area contributed by atoms with Crippen LogP contribution in [0.2, 0.25) is 0 Å². The van der Waals surface area contributed by atoms with E-state index in [0.717, 1.165) is 15.3 Å². The first-order valence-electron chi connectivity index (χ1n) is 3.93. The number of hydrogen-bond donors (Lipinski definition) is 3. The Hall–Kier alpha value is -1.20. The quantitative estimate of drug-likeness (QED) is 0.698. The van der Waals surface area contributed by atoms with Gasteiger partial charge in [-0.05, 0) is 0 Å². The maximum Gasteiger partial charge on any atom is 0.192 e. The van der Waals surface area contributed by atoms with Crippen LogP contribution < -0.4 is 11.1 Å². The van der Waals surface area contributed by atoms with Crippen LogP contribution in [0.25, 0.3) is 10.3 Å². The topological polar surface area (TPSA) is 71.4 Å². The first-order valence-corrected chi connectivity index (χ1v) is 4.75. The van der Waals surface area contributed by atoms with Gasteiger partial charge in [-0.3, -0.25) is 0 Å². The van der Waals surface area contributed by atoms with Crippen molar-refractivity contribution in [3.05, 3.63) is 12.1 Å². The molecular formula is C8H10N2O2S. The fraction of sp³-hybridized carbons (Fsp3) is 0.250. The van der Waals surface area contributed by atoms with Crippen LogP contribution in [0.4, 0.5) is 10.9 Å². The maximum atomic E-state index is 8.60. The summed E-state index contributed by atoms with van der Waals surface area (Å²) in [6, 6.07) is 3.68. The highest BCUT2D eigenvalue weighted by atomic mass is 32.1. The number of aliphatic hydroxyl groups is 1. The largest absolute Gasteiger partial charge is 0.440 e. The molecule has 0 amide bonds. The molecule has 0 aromatic carbocycles. The lowest BCUT2D eigenvalue weighted by Crippen LogP contribution is -2.03. The Bertz CT molecular complexity index is 376. The molecule has 0 aliphatic carbocycles. The average Bonchev–Trinajstić information content (AvgIpc) is 2.57. The molecule has 0 aliphatic heterocycles. The van der Waals surface area contributed by atoms with Gasteiger partial charge in [0.25, 0.3) is 0 Å².